The van der Waals surface area contributed by atoms with Gasteiger partial charge in [0.05, 0.1) is 30.3 Å². The normalized spacial score (nSPS) is 10.6. The lowest BCUT2D eigenvalue weighted by Gasteiger charge is -2.17. The maximum atomic E-state index is 12.2. The Kier molecular flexibility index (Phi) is 7.11. The second-order valence-electron chi connectivity index (χ2n) is 5.80. The van der Waals surface area contributed by atoms with Crippen LogP contribution in [0.1, 0.15) is 5.56 Å². The van der Waals surface area contributed by atoms with Crippen LogP contribution in [0.5, 0.6) is 5.75 Å². The third-order valence-electron chi connectivity index (χ3n) is 3.78. The third-order valence-corrected chi connectivity index (χ3v) is 4.31. The number of rotatable bonds is 8. The molecule has 1 amide bonds. The number of anilines is 1. The third kappa shape index (κ3) is 5.82. The molecule has 8 heteroatoms. The van der Waals surface area contributed by atoms with E-state index in [2.05, 4.69) is 21.2 Å². The van der Waals surface area contributed by atoms with E-state index in [1.165, 1.54) is 30.9 Å². The molecule has 0 aliphatic heterocycles. The number of nitro groups is 1. The van der Waals surface area contributed by atoms with Gasteiger partial charge in [0, 0.05) is 17.1 Å². The molecule has 1 N–H and O–H groups in total. The van der Waals surface area contributed by atoms with Crippen LogP contribution in [-0.4, -0.2) is 43.0 Å². The van der Waals surface area contributed by atoms with E-state index < -0.39 is 4.92 Å². The Morgan fingerprint density at radius 1 is 1.27 bits per heavy atom. The quantitative estimate of drug-likeness (QED) is 0.520. The number of carbonyl (C=O) groups is 1. The predicted molar refractivity (Wildman–Crippen MR) is 104 cm³/mol. The van der Waals surface area contributed by atoms with E-state index in [0.29, 0.717) is 5.69 Å². The van der Waals surface area contributed by atoms with Crippen molar-refractivity contribution in [1.82, 2.24) is 4.90 Å². The number of hydrogen-bond acceptors (Lipinski definition) is 5. The van der Waals surface area contributed by atoms with Gasteiger partial charge in [0.1, 0.15) is 5.75 Å². The van der Waals surface area contributed by atoms with Gasteiger partial charge in [-0.3, -0.25) is 19.8 Å². The molecular weight excluding hydrogens is 402 g/mol. The average molecular weight is 422 g/mol. The fourth-order valence-electron chi connectivity index (χ4n) is 2.38. The number of nitrogens with one attached hydrogen (secondary N) is 1. The lowest BCUT2D eigenvalue weighted by molar-refractivity contribution is -0.384. The van der Waals surface area contributed by atoms with Gasteiger partial charge in [0.25, 0.3) is 5.69 Å². The molecule has 0 unspecified atom stereocenters. The molecule has 0 heterocycles. The zero-order chi connectivity index (χ0) is 19.1. The topological polar surface area (TPSA) is 84.7 Å². The van der Waals surface area contributed by atoms with Crippen molar-refractivity contribution in [3.63, 3.8) is 0 Å². The molecule has 26 heavy (non-hydrogen) atoms. The highest BCUT2D eigenvalue weighted by atomic mass is 79.9. The lowest BCUT2D eigenvalue weighted by atomic mass is 10.1. The largest absolute Gasteiger partial charge is 0.494 e. The van der Waals surface area contributed by atoms with Crippen molar-refractivity contribution < 1.29 is 14.5 Å². The number of amides is 1. The minimum atomic E-state index is -0.510. The number of nitro benzene ring substituents is 1. The van der Waals surface area contributed by atoms with E-state index in [9.17, 15) is 14.9 Å². The molecule has 0 saturated carbocycles. The summed E-state index contributed by atoms with van der Waals surface area (Å²) in [5.41, 5.74) is 1.51. The van der Waals surface area contributed by atoms with Gasteiger partial charge in [-0.25, -0.2) is 0 Å². The first kappa shape index (κ1) is 19.9. The summed E-state index contributed by atoms with van der Waals surface area (Å²) >= 11 is 3.40. The van der Waals surface area contributed by atoms with E-state index >= 15 is 0 Å². The SMILES string of the molecule is COc1cc([N+](=O)[O-])ccc1NC(=O)CN(C)CCc1ccc(Br)cc1. The summed E-state index contributed by atoms with van der Waals surface area (Å²) in [5.74, 6) is 0.0422. The molecule has 0 saturated heterocycles. The standard InChI is InChI=1S/C18H20BrN3O4/c1-21(10-9-13-3-5-14(19)6-4-13)12-18(23)20-16-8-7-15(22(24)25)11-17(16)26-2/h3-8,11H,9-10,12H2,1-2H3,(H,20,23). The summed E-state index contributed by atoms with van der Waals surface area (Å²) < 4.78 is 6.15. The van der Waals surface area contributed by atoms with Gasteiger partial charge >= 0.3 is 0 Å². The summed E-state index contributed by atoms with van der Waals surface area (Å²) in [5, 5.41) is 13.5. The fraction of sp³-hybridized carbons (Fsp3) is 0.278. The van der Waals surface area contributed by atoms with Gasteiger partial charge in [-0.15, -0.1) is 0 Å². The monoisotopic (exact) mass is 421 g/mol. The molecule has 0 atom stereocenters. The van der Waals surface area contributed by atoms with E-state index in [-0.39, 0.29) is 23.9 Å². The number of benzene rings is 2. The number of halogens is 1. The Hall–Kier alpha value is -2.45. The number of ether oxygens (including phenoxy) is 1. The Bertz CT molecular complexity index is 781. The molecule has 0 spiro atoms. The summed E-state index contributed by atoms with van der Waals surface area (Å²) in [6.07, 6.45) is 0.831. The zero-order valence-corrected chi connectivity index (χ0v) is 16.2. The van der Waals surface area contributed by atoms with Crippen molar-refractivity contribution in [2.75, 3.05) is 32.6 Å². The number of carbonyl (C=O) groups excluding carboxylic acids is 1. The van der Waals surface area contributed by atoms with Gasteiger partial charge in [-0.05, 0) is 37.2 Å². The van der Waals surface area contributed by atoms with Gasteiger partial charge in [0.2, 0.25) is 5.91 Å². The number of nitrogens with zero attached hydrogens (tertiary/aromatic N) is 2. The predicted octanol–water partition coefficient (Wildman–Crippen LogP) is 3.48. The second-order valence-corrected chi connectivity index (χ2v) is 6.72. The van der Waals surface area contributed by atoms with Gasteiger partial charge in [-0.2, -0.15) is 0 Å². The van der Waals surface area contributed by atoms with Crippen LogP contribution in [-0.2, 0) is 11.2 Å². The van der Waals surface area contributed by atoms with Crippen LogP contribution in [0.4, 0.5) is 11.4 Å². The van der Waals surface area contributed by atoms with Crippen LogP contribution >= 0.6 is 15.9 Å². The van der Waals surface area contributed by atoms with Crippen molar-refractivity contribution >= 4 is 33.2 Å². The van der Waals surface area contributed by atoms with Crippen molar-refractivity contribution in [2.24, 2.45) is 0 Å². The van der Waals surface area contributed by atoms with E-state index in [1.807, 2.05) is 36.2 Å². The molecule has 138 valence electrons. The van der Waals surface area contributed by atoms with Crippen LogP contribution in [0.25, 0.3) is 0 Å². The van der Waals surface area contributed by atoms with Crippen molar-refractivity contribution in [1.29, 1.82) is 0 Å². The summed E-state index contributed by atoms with van der Waals surface area (Å²) in [7, 11) is 3.27. The Morgan fingerprint density at radius 3 is 2.58 bits per heavy atom. The molecule has 7 nitrogen and oxygen atoms in total. The highest BCUT2D eigenvalue weighted by Gasteiger charge is 2.14. The summed E-state index contributed by atoms with van der Waals surface area (Å²) in [6, 6.07) is 12.1. The smallest absolute Gasteiger partial charge is 0.273 e. The number of hydrogen-bond donors (Lipinski definition) is 1. The Balaban J connectivity index is 1.89. The van der Waals surface area contributed by atoms with Gasteiger partial charge in [0.15, 0.2) is 0 Å². The molecule has 2 aromatic rings. The van der Waals surface area contributed by atoms with Crippen molar-refractivity contribution in [2.45, 2.75) is 6.42 Å². The fourth-order valence-corrected chi connectivity index (χ4v) is 2.65. The van der Waals surface area contributed by atoms with Gasteiger partial charge < -0.3 is 10.1 Å². The highest BCUT2D eigenvalue weighted by molar-refractivity contribution is 9.10. The van der Waals surface area contributed by atoms with Crippen LogP contribution in [0.3, 0.4) is 0 Å². The molecule has 0 aliphatic rings. The summed E-state index contributed by atoms with van der Waals surface area (Å²) in [6.45, 7) is 0.934. The first-order valence-electron chi connectivity index (χ1n) is 7.94. The molecule has 0 bridgehead atoms. The zero-order valence-electron chi connectivity index (χ0n) is 14.6. The van der Waals surface area contributed by atoms with Crippen LogP contribution in [0.2, 0.25) is 0 Å². The molecule has 0 radical (unpaired) electrons. The molecule has 0 aromatic heterocycles. The number of methoxy groups -OCH3 is 1. The minimum absolute atomic E-state index is 0.0912. The van der Waals surface area contributed by atoms with Crippen LogP contribution in [0.15, 0.2) is 46.9 Å². The molecule has 2 aromatic carbocycles. The lowest BCUT2D eigenvalue weighted by Crippen LogP contribution is -2.31. The molecular formula is C18H20BrN3O4. The van der Waals surface area contributed by atoms with Crippen molar-refractivity contribution in [3.8, 4) is 5.75 Å². The first-order chi connectivity index (χ1) is 12.4. The minimum Gasteiger partial charge on any atom is -0.494 e. The van der Waals surface area contributed by atoms with E-state index in [0.717, 1.165) is 17.4 Å². The highest BCUT2D eigenvalue weighted by Crippen LogP contribution is 2.28. The van der Waals surface area contributed by atoms with Crippen molar-refractivity contribution in [3.05, 3.63) is 62.6 Å². The maximum Gasteiger partial charge on any atom is 0.273 e. The van der Waals surface area contributed by atoms with Crippen LogP contribution in [0, 0.1) is 10.1 Å². The average Bonchev–Trinajstić information content (AvgIpc) is 2.61. The molecule has 2 rings (SSSR count). The van der Waals surface area contributed by atoms with Crippen LogP contribution < -0.4 is 10.1 Å². The molecule has 0 aliphatic carbocycles. The maximum absolute atomic E-state index is 12.2. The van der Waals surface area contributed by atoms with E-state index in [1.54, 1.807) is 0 Å². The summed E-state index contributed by atoms with van der Waals surface area (Å²) in [4.78, 5) is 24.4. The Morgan fingerprint density at radius 2 is 1.96 bits per heavy atom. The number of likely N-dealkylation sites (N-methyl/N-ethyl adjacent to an activating group) is 1. The van der Waals surface area contributed by atoms with Gasteiger partial charge in [-0.1, -0.05) is 28.1 Å². The second kappa shape index (κ2) is 9.30. The van der Waals surface area contributed by atoms with E-state index in [4.69, 9.17) is 4.74 Å². The number of non-ortho nitro benzene ring substituents is 1. The Labute approximate surface area is 160 Å². The first-order valence-corrected chi connectivity index (χ1v) is 8.73. The molecule has 0 fully saturated rings.